The molecule has 1 saturated heterocycles. The summed E-state index contributed by atoms with van der Waals surface area (Å²) in [6.45, 7) is 7.55. The Labute approximate surface area is 104 Å². The minimum atomic E-state index is -1.19. The van der Waals surface area contributed by atoms with Crippen LogP contribution in [-0.2, 0) is 13.6 Å². The molecule has 0 amide bonds. The summed E-state index contributed by atoms with van der Waals surface area (Å²) < 4.78 is 17.0. The van der Waals surface area contributed by atoms with E-state index in [0.717, 1.165) is 0 Å². The molecule has 0 spiro atoms. The Kier molecular flexibility index (Phi) is 4.16. The molecule has 17 heavy (non-hydrogen) atoms. The Morgan fingerprint density at radius 2 is 2.06 bits per heavy atom. The molecule has 0 radical (unpaired) electrons. The fraction of sp³-hybridized carbons (Fsp3) is 0.538. The Hall–Kier alpha value is -0.470. The van der Waals surface area contributed by atoms with Crippen LogP contribution in [0.1, 0.15) is 32.4 Å². The minimum Gasteiger partial charge on any atom is -0.313 e. The van der Waals surface area contributed by atoms with E-state index in [4.69, 9.17) is 13.6 Å². The maximum atomic E-state index is 5.95. The summed E-state index contributed by atoms with van der Waals surface area (Å²) in [6, 6.07) is 10.3. The highest BCUT2D eigenvalue weighted by Gasteiger charge is 2.40. The lowest BCUT2D eigenvalue weighted by Crippen LogP contribution is -2.32. The number of hydrogen-bond acceptors (Lipinski definition) is 3. The van der Waals surface area contributed by atoms with Crippen LogP contribution >= 0.6 is 8.60 Å². The molecule has 2 rings (SSSR count). The quantitative estimate of drug-likeness (QED) is 0.761. The molecule has 0 bridgehead atoms. The summed E-state index contributed by atoms with van der Waals surface area (Å²) >= 11 is 0. The molecule has 0 saturated carbocycles. The van der Waals surface area contributed by atoms with Gasteiger partial charge in [0.05, 0.1) is 19.3 Å². The van der Waals surface area contributed by atoms with Gasteiger partial charge in [0.25, 0.3) is 0 Å². The average Bonchev–Trinajstić information content (AvgIpc) is 2.33. The van der Waals surface area contributed by atoms with Crippen LogP contribution in [0.3, 0.4) is 0 Å². The van der Waals surface area contributed by atoms with Crippen molar-refractivity contribution in [2.24, 2.45) is 5.41 Å². The second kappa shape index (κ2) is 5.45. The number of hydrogen-bond donors (Lipinski definition) is 0. The van der Waals surface area contributed by atoms with E-state index in [1.54, 1.807) is 0 Å². The molecule has 1 aliphatic rings. The molecule has 1 aliphatic heterocycles. The Balaban J connectivity index is 2.16. The van der Waals surface area contributed by atoms with Crippen LogP contribution < -0.4 is 0 Å². The Bertz CT molecular complexity index is 353. The average molecular weight is 254 g/mol. The van der Waals surface area contributed by atoms with Crippen LogP contribution in [0.25, 0.3) is 0 Å². The van der Waals surface area contributed by atoms with Gasteiger partial charge in [-0.25, -0.2) is 0 Å². The van der Waals surface area contributed by atoms with Crippen molar-refractivity contribution in [3.05, 3.63) is 35.9 Å². The van der Waals surface area contributed by atoms with Crippen molar-refractivity contribution in [3.8, 4) is 0 Å². The van der Waals surface area contributed by atoms with Crippen LogP contribution in [0.2, 0.25) is 0 Å². The molecule has 1 aromatic carbocycles. The molecular weight excluding hydrogens is 235 g/mol. The molecular formula is C13H19O3P. The van der Waals surface area contributed by atoms with Crippen molar-refractivity contribution in [2.75, 3.05) is 13.2 Å². The van der Waals surface area contributed by atoms with Gasteiger partial charge in [-0.3, -0.25) is 0 Å². The van der Waals surface area contributed by atoms with Gasteiger partial charge < -0.3 is 13.6 Å². The van der Waals surface area contributed by atoms with Crippen LogP contribution in [0, 0.1) is 5.41 Å². The summed E-state index contributed by atoms with van der Waals surface area (Å²) in [7, 11) is -1.19. The van der Waals surface area contributed by atoms with E-state index in [-0.39, 0.29) is 11.5 Å². The van der Waals surface area contributed by atoms with Crippen molar-refractivity contribution in [2.45, 2.75) is 26.9 Å². The van der Waals surface area contributed by atoms with Crippen molar-refractivity contribution in [3.63, 3.8) is 0 Å². The zero-order valence-electron chi connectivity index (χ0n) is 10.6. The van der Waals surface area contributed by atoms with E-state index in [1.165, 1.54) is 5.56 Å². The van der Waals surface area contributed by atoms with Gasteiger partial charge in [0.2, 0.25) is 0 Å². The fourth-order valence-corrected chi connectivity index (χ4v) is 3.29. The van der Waals surface area contributed by atoms with Gasteiger partial charge in [0, 0.05) is 5.41 Å². The van der Waals surface area contributed by atoms with Gasteiger partial charge in [-0.15, -0.1) is 0 Å². The molecule has 0 aromatic heterocycles. The first kappa shape index (κ1) is 13.0. The normalized spacial score (nSPS) is 27.9. The fourth-order valence-electron chi connectivity index (χ4n) is 1.87. The summed E-state index contributed by atoms with van der Waals surface area (Å²) in [5.74, 6) is 0. The zero-order chi connectivity index (χ0) is 12.3. The lowest BCUT2D eigenvalue weighted by molar-refractivity contribution is -0.0346. The summed E-state index contributed by atoms with van der Waals surface area (Å²) in [5.41, 5.74) is 1.16. The van der Waals surface area contributed by atoms with Crippen molar-refractivity contribution in [1.82, 2.24) is 0 Å². The molecule has 0 N–H and O–H groups in total. The number of benzene rings is 1. The zero-order valence-corrected chi connectivity index (χ0v) is 11.4. The minimum absolute atomic E-state index is 0.0305. The highest BCUT2D eigenvalue weighted by molar-refractivity contribution is 7.41. The SMILES string of the molecule is CCO[P@@]1OCC(C)(C)[C@@H](c2ccccc2)O1. The number of rotatable bonds is 3. The van der Waals surface area contributed by atoms with E-state index < -0.39 is 8.60 Å². The second-order valence-electron chi connectivity index (χ2n) is 4.80. The topological polar surface area (TPSA) is 27.7 Å². The second-order valence-corrected chi connectivity index (χ2v) is 5.97. The lowest BCUT2D eigenvalue weighted by Gasteiger charge is -2.40. The highest BCUT2D eigenvalue weighted by Crippen LogP contribution is 2.55. The maximum absolute atomic E-state index is 5.95. The van der Waals surface area contributed by atoms with Gasteiger partial charge in [-0.05, 0) is 12.5 Å². The standard InChI is InChI=1S/C13H19O3P/c1-4-14-17-15-10-13(2,3)12(16-17)11-8-6-5-7-9-11/h5-9,12H,4,10H2,1-3H3/t12-,17+/m1/s1. The first-order valence-electron chi connectivity index (χ1n) is 5.91. The maximum Gasteiger partial charge on any atom is 0.333 e. The third-order valence-corrected chi connectivity index (χ3v) is 3.97. The van der Waals surface area contributed by atoms with Crippen LogP contribution in [0.15, 0.2) is 30.3 Å². The monoisotopic (exact) mass is 254 g/mol. The predicted octanol–water partition coefficient (Wildman–Crippen LogP) is 4.06. The molecule has 1 fully saturated rings. The van der Waals surface area contributed by atoms with E-state index >= 15 is 0 Å². The first-order chi connectivity index (χ1) is 8.13. The molecule has 3 nitrogen and oxygen atoms in total. The third kappa shape index (κ3) is 3.05. The van der Waals surface area contributed by atoms with E-state index in [0.29, 0.717) is 13.2 Å². The van der Waals surface area contributed by atoms with E-state index in [9.17, 15) is 0 Å². The van der Waals surface area contributed by atoms with Gasteiger partial charge in [-0.1, -0.05) is 44.2 Å². The van der Waals surface area contributed by atoms with Crippen LogP contribution in [0.5, 0.6) is 0 Å². The molecule has 2 atom stereocenters. The third-order valence-electron chi connectivity index (χ3n) is 2.78. The van der Waals surface area contributed by atoms with Gasteiger partial charge in [0.15, 0.2) is 0 Å². The Morgan fingerprint density at radius 3 is 2.71 bits per heavy atom. The van der Waals surface area contributed by atoms with Crippen molar-refractivity contribution >= 4 is 8.60 Å². The van der Waals surface area contributed by atoms with E-state index in [2.05, 4.69) is 26.0 Å². The molecule has 1 heterocycles. The van der Waals surface area contributed by atoms with Crippen LogP contribution in [-0.4, -0.2) is 13.2 Å². The van der Waals surface area contributed by atoms with E-state index in [1.807, 2.05) is 25.1 Å². The van der Waals surface area contributed by atoms with Gasteiger partial charge in [0.1, 0.15) is 0 Å². The largest absolute Gasteiger partial charge is 0.333 e. The first-order valence-corrected chi connectivity index (χ1v) is 7.00. The summed E-state index contributed by atoms with van der Waals surface area (Å²) in [4.78, 5) is 0. The van der Waals surface area contributed by atoms with Crippen molar-refractivity contribution < 1.29 is 13.6 Å². The molecule has 1 aromatic rings. The predicted molar refractivity (Wildman–Crippen MR) is 68.5 cm³/mol. The van der Waals surface area contributed by atoms with Gasteiger partial charge >= 0.3 is 8.60 Å². The molecule has 0 aliphatic carbocycles. The molecule has 0 unspecified atom stereocenters. The Morgan fingerprint density at radius 1 is 1.35 bits per heavy atom. The molecule has 4 heteroatoms. The highest BCUT2D eigenvalue weighted by atomic mass is 31.2. The van der Waals surface area contributed by atoms with Gasteiger partial charge in [-0.2, -0.15) is 0 Å². The van der Waals surface area contributed by atoms with Crippen LogP contribution in [0.4, 0.5) is 0 Å². The smallest absolute Gasteiger partial charge is 0.313 e. The lowest BCUT2D eigenvalue weighted by atomic mass is 9.83. The summed E-state index contributed by atoms with van der Waals surface area (Å²) in [5, 5.41) is 0. The summed E-state index contributed by atoms with van der Waals surface area (Å²) in [6.07, 6.45) is 0.0371. The molecule has 94 valence electrons. The van der Waals surface area contributed by atoms with Crippen molar-refractivity contribution in [1.29, 1.82) is 0 Å².